The van der Waals surface area contributed by atoms with Gasteiger partial charge in [-0.3, -0.25) is 0 Å². The first-order valence-corrected chi connectivity index (χ1v) is 7.00. The molecule has 0 bridgehead atoms. The molecule has 0 radical (unpaired) electrons. The molecule has 0 saturated heterocycles. The molecule has 0 aromatic carbocycles. The molecule has 2 heterocycles. The van der Waals surface area contributed by atoms with E-state index in [-0.39, 0.29) is 11.8 Å². The van der Waals surface area contributed by atoms with Crippen LogP contribution in [-0.2, 0) is 21.9 Å². The van der Waals surface area contributed by atoms with Crippen LogP contribution in [0.25, 0.3) is 4.85 Å². The molecule has 0 atom stereocenters. The second kappa shape index (κ2) is 11.3. The van der Waals surface area contributed by atoms with Crippen LogP contribution in [0.3, 0.4) is 0 Å². The van der Waals surface area contributed by atoms with Gasteiger partial charge in [0.2, 0.25) is 17.4 Å². The number of halogens is 6. The maximum Gasteiger partial charge on any atom is 0.421 e. The van der Waals surface area contributed by atoms with E-state index in [1.54, 1.807) is 0 Å². The van der Waals surface area contributed by atoms with Gasteiger partial charge in [0.25, 0.3) is 0 Å². The summed E-state index contributed by atoms with van der Waals surface area (Å²) in [5.74, 6) is -0.921. The normalized spacial score (nSPS) is 10.2. The Morgan fingerprint density at radius 2 is 1.45 bits per heavy atom. The van der Waals surface area contributed by atoms with Gasteiger partial charge in [-0.15, -0.1) is 0 Å². The van der Waals surface area contributed by atoms with E-state index in [2.05, 4.69) is 24.3 Å². The molecule has 156 valence electrons. The van der Waals surface area contributed by atoms with Crippen molar-refractivity contribution in [2.45, 2.75) is 12.4 Å². The van der Waals surface area contributed by atoms with Gasteiger partial charge < -0.3 is 9.47 Å². The Hall–Kier alpha value is -3.65. The smallest absolute Gasteiger partial charge is 0.421 e. The summed E-state index contributed by atoms with van der Waals surface area (Å²) in [6, 6.07) is 2.84. The van der Waals surface area contributed by atoms with Gasteiger partial charge in [0.15, 0.2) is 0 Å². The number of aromatic nitrogens is 2. The van der Waals surface area contributed by atoms with Gasteiger partial charge in [-0.05, 0) is 18.2 Å². The molecule has 0 aliphatic rings. The van der Waals surface area contributed by atoms with E-state index < -0.39 is 35.2 Å². The molecule has 7 nitrogen and oxygen atoms in total. The largest absolute Gasteiger partial charge is 0.481 e. The summed E-state index contributed by atoms with van der Waals surface area (Å²) < 4.78 is 82.2. The third-order valence-electron chi connectivity index (χ3n) is 2.73. The van der Waals surface area contributed by atoms with Crippen LogP contribution in [-0.4, -0.2) is 30.3 Å². The predicted molar refractivity (Wildman–Crippen MR) is 82.9 cm³/mol. The van der Waals surface area contributed by atoms with Crippen LogP contribution in [0, 0.1) is 6.57 Å². The highest BCUT2D eigenvalue weighted by atomic mass is 19.4. The molecule has 0 aliphatic carbocycles. The number of pyridine rings is 2. The molecule has 0 saturated carbocycles. The highest BCUT2D eigenvalue weighted by Gasteiger charge is 2.35. The van der Waals surface area contributed by atoms with E-state index in [0.717, 1.165) is 26.5 Å². The van der Waals surface area contributed by atoms with Crippen LogP contribution in [0.1, 0.15) is 11.1 Å². The molecular weight excluding hydrogens is 412 g/mol. The lowest BCUT2D eigenvalue weighted by Crippen LogP contribution is -2.08. The summed E-state index contributed by atoms with van der Waals surface area (Å²) in [6.45, 7) is 6.55. The predicted octanol–water partition coefficient (Wildman–Crippen LogP) is 4.19. The van der Waals surface area contributed by atoms with Crippen molar-refractivity contribution in [3.63, 3.8) is 0 Å². The van der Waals surface area contributed by atoms with Crippen molar-refractivity contribution in [1.29, 1.82) is 0 Å². The molecule has 0 N–H and O–H groups in total. The minimum absolute atomic E-state index is 0.168. The molecule has 2 aromatic rings. The zero-order valence-corrected chi connectivity index (χ0v) is 14.6. The number of methoxy groups -OCH3 is 2. The first kappa shape index (κ1) is 25.4. The summed E-state index contributed by atoms with van der Waals surface area (Å²) in [4.78, 5) is 25.9. The maximum atomic E-state index is 12.3. The number of hydrogen-bond acceptors (Lipinski definition) is 6. The lowest BCUT2D eigenvalue weighted by atomic mass is 10.2. The zero-order chi connectivity index (χ0) is 22.7. The second-order valence-electron chi connectivity index (χ2n) is 4.50. The van der Waals surface area contributed by atoms with Crippen LogP contribution in [0.15, 0.2) is 30.6 Å². The van der Waals surface area contributed by atoms with E-state index >= 15 is 0 Å². The van der Waals surface area contributed by atoms with Gasteiger partial charge in [0, 0.05) is 12.4 Å². The van der Waals surface area contributed by atoms with Crippen molar-refractivity contribution in [2.24, 2.45) is 0 Å². The van der Waals surface area contributed by atoms with Gasteiger partial charge in [-0.25, -0.2) is 14.8 Å². The van der Waals surface area contributed by atoms with Gasteiger partial charge in [0.1, 0.15) is 11.1 Å². The van der Waals surface area contributed by atoms with Gasteiger partial charge in [0.05, 0.1) is 20.8 Å². The van der Waals surface area contributed by atoms with Crippen molar-refractivity contribution in [3.05, 3.63) is 53.1 Å². The van der Waals surface area contributed by atoms with E-state index in [0.29, 0.717) is 6.07 Å². The van der Waals surface area contributed by atoms with Crippen LogP contribution in [0.2, 0.25) is 0 Å². The molecular formula is C16H11F6N3O4. The lowest BCUT2D eigenvalue weighted by Gasteiger charge is -2.10. The van der Waals surface area contributed by atoms with Gasteiger partial charge in [-0.1, -0.05) is 0 Å². The summed E-state index contributed by atoms with van der Waals surface area (Å²) in [5.41, 5.74) is -2.06. The minimum atomic E-state index is -4.56. The molecule has 2 rings (SSSR count). The number of ether oxygens (including phenoxy) is 2. The summed E-state index contributed by atoms with van der Waals surface area (Å²) in [7, 11) is 2.24. The Balaban J connectivity index is 0.000000481. The Morgan fingerprint density at radius 3 is 1.83 bits per heavy atom. The van der Waals surface area contributed by atoms with Crippen LogP contribution < -0.4 is 9.47 Å². The van der Waals surface area contributed by atoms with Crippen molar-refractivity contribution in [1.82, 2.24) is 9.97 Å². The fraction of sp³-hybridized carbons (Fsp3) is 0.250. The monoisotopic (exact) mass is 423 g/mol. The molecule has 0 fully saturated rings. The molecule has 2 aromatic heterocycles. The number of hydrogen-bond donors (Lipinski definition) is 0. The highest BCUT2D eigenvalue weighted by Crippen LogP contribution is 2.36. The number of alkyl halides is 6. The maximum absolute atomic E-state index is 12.3. The number of carbonyl (C=O) groups excluding carboxylic acids is 2. The van der Waals surface area contributed by atoms with Crippen molar-refractivity contribution >= 4 is 11.8 Å². The average molecular weight is 423 g/mol. The Kier molecular flexibility index (Phi) is 9.84. The molecule has 0 unspecified atom stereocenters. The SMILES string of the molecule is COc1ncccc1C(F)(F)F.O=C=O.[C-]#[N+]c1cnc(OC)c(C(F)(F)F)c1. The van der Waals surface area contributed by atoms with Crippen molar-refractivity contribution < 1.29 is 45.4 Å². The Bertz CT molecular complexity index is 872. The lowest BCUT2D eigenvalue weighted by molar-refractivity contribution is -0.191. The molecule has 13 heteroatoms. The summed E-state index contributed by atoms with van der Waals surface area (Å²) in [5, 5.41) is 0. The first-order valence-electron chi connectivity index (χ1n) is 7.00. The average Bonchev–Trinajstić information content (AvgIpc) is 2.67. The van der Waals surface area contributed by atoms with E-state index in [1.165, 1.54) is 12.3 Å². The number of nitrogens with zero attached hydrogens (tertiary/aromatic N) is 3. The molecule has 29 heavy (non-hydrogen) atoms. The van der Waals surface area contributed by atoms with Gasteiger partial charge >= 0.3 is 18.5 Å². The fourth-order valence-electron chi connectivity index (χ4n) is 1.64. The number of rotatable bonds is 2. The quantitative estimate of drug-likeness (QED) is 0.532. The van der Waals surface area contributed by atoms with E-state index in [9.17, 15) is 26.3 Å². The summed E-state index contributed by atoms with van der Waals surface area (Å²) >= 11 is 0. The third-order valence-corrected chi connectivity index (χ3v) is 2.73. The van der Waals surface area contributed by atoms with Gasteiger partial charge in [-0.2, -0.15) is 35.9 Å². The minimum Gasteiger partial charge on any atom is -0.481 e. The van der Waals surface area contributed by atoms with E-state index in [1.807, 2.05) is 0 Å². The molecule has 0 aliphatic heterocycles. The molecule has 0 spiro atoms. The Morgan fingerprint density at radius 1 is 0.966 bits per heavy atom. The Labute approximate surface area is 159 Å². The zero-order valence-electron chi connectivity index (χ0n) is 14.6. The summed E-state index contributed by atoms with van der Waals surface area (Å²) in [6.07, 6.45) is -6.44. The standard InChI is InChI=1S/C8H5F3N2O.C7H6F3NO.CO2/c1-12-5-3-6(8(9,10)11)7(14-2)13-4-5;1-12-6-5(7(8,9)10)3-2-4-11-6;2-1-3/h3-4H,2H3;2-4H,1H3;. The van der Waals surface area contributed by atoms with Crippen molar-refractivity contribution in [2.75, 3.05) is 14.2 Å². The third kappa shape index (κ3) is 8.27. The van der Waals surface area contributed by atoms with Crippen LogP contribution >= 0.6 is 0 Å². The van der Waals surface area contributed by atoms with Crippen LogP contribution in [0.5, 0.6) is 11.8 Å². The van der Waals surface area contributed by atoms with E-state index in [4.69, 9.17) is 16.2 Å². The molecule has 0 amide bonds. The second-order valence-corrected chi connectivity index (χ2v) is 4.50. The first-order chi connectivity index (χ1) is 13.5. The van der Waals surface area contributed by atoms with Crippen LogP contribution in [0.4, 0.5) is 32.0 Å². The fourth-order valence-corrected chi connectivity index (χ4v) is 1.64. The van der Waals surface area contributed by atoms with Crippen molar-refractivity contribution in [3.8, 4) is 11.8 Å². The highest BCUT2D eigenvalue weighted by molar-refractivity contribution is 5.48. The topological polar surface area (TPSA) is 82.7 Å².